The van der Waals surface area contributed by atoms with Gasteiger partial charge in [0.15, 0.2) is 5.88 Å². The number of ether oxygens (including phenoxy) is 1. The van der Waals surface area contributed by atoms with Crippen molar-refractivity contribution >= 4 is 11.5 Å². The van der Waals surface area contributed by atoms with Crippen LogP contribution < -0.4 is 10.6 Å². The second-order valence-corrected chi connectivity index (χ2v) is 8.59. The van der Waals surface area contributed by atoms with Gasteiger partial charge in [0.05, 0.1) is 25.2 Å². The number of dihydropyridines is 1. The van der Waals surface area contributed by atoms with Crippen molar-refractivity contribution in [3.8, 4) is 0 Å². The van der Waals surface area contributed by atoms with Crippen LogP contribution in [-0.4, -0.2) is 55.3 Å². The van der Waals surface area contributed by atoms with E-state index in [1.165, 1.54) is 5.56 Å². The molecular formula is C26H29N3O3. The van der Waals surface area contributed by atoms with Gasteiger partial charge in [-0.15, -0.1) is 0 Å². The summed E-state index contributed by atoms with van der Waals surface area (Å²) in [5, 5.41) is 16.1. The summed E-state index contributed by atoms with van der Waals surface area (Å²) in [6.45, 7) is 3.74. The Kier molecular flexibility index (Phi) is 5.97. The van der Waals surface area contributed by atoms with Crippen LogP contribution in [0.5, 0.6) is 0 Å². The number of benzene rings is 2. The van der Waals surface area contributed by atoms with E-state index in [9.17, 15) is 9.90 Å². The Labute approximate surface area is 188 Å². The van der Waals surface area contributed by atoms with Gasteiger partial charge in [-0.3, -0.25) is 4.79 Å². The molecule has 2 saturated heterocycles. The number of hydrogen-bond acceptors (Lipinski definition) is 5. The third kappa shape index (κ3) is 4.04. The van der Waals surface area contributed by atoms with E-state index in [-0.39, 0.29) is 29.7 Å². The van der Waals surface area contributed by atoms with E-state index in [2.05, 4.69) is 34.9 Å². The first-order chi connectivity index (χ1) is 15.7. The minimum atomic E-state index is -0.124. The van der Waals surface area contributed by atoms with Crippen molar-refractivity contribution in [2.75, 3.05) is 39.4 Å². The molecule has 0 aliphatic carbocycles. The second-order valence-electron chi connectivity index (χ2n) is 8.59. The SMILES string of the molecule is O=C([C@@H]1CNCC1c1ccccc1C1=CC=C(O)NC1)N1CCOC[C@@H]1c1ccccc1. The van der Waals surface area contributed by atoms with Crippen LogP contribution in [0.1, 0.15) is 28.7 Å². The fourth-order valence-electron chi connectivity index (χ4n) is 5.08. The van der Waals surface area contributed by atoms with Gasteiger partial charge in [0.1, 0.15) is 0 Å². The van der Waals surface area contributed by atoms with Gasteiger partial charge < -0.3 is 25.4 Å². The van der Waals surface area contributed by atoms with Gasteiger partial charge in [-0.1, -0.05) is 60.7 Å². The lowest BCUT2D eigenvalue weighted by molar-refractivity contribution is -0.144. The van der Waals surface area contributed by atoms with Crippen LogP contribution in [0.4, 0.5) is 0 Å². The van der Waals surface area contributed by atoms with Gasteiger partial charge >= 0.3 is 0 Å². The molecule has 0 aromatic heterocycles. The topological polar surface area (TPSA) is 73.8 Å². The monoisotopic (exact) mass is 431 g/mol. The zero-order chi connectivity index (χ0) is 21.9. The standard InChI is InChI=1S/C26H29N3O3/c30-25-11-10-19(14-28-25)20-8-4-5-9-21(20)22-15-27-16-23(22)26(31)29-12-13-32-17-24(29)18-6-2-1-3-7-18/h1-11,22-24,27-28,30H,12-17H2/t22?,23-,24-/m1/s1. The Morgan fingerprint density at radius 2 is 1.84 bits per heavy atom. The molecule has 2 aromatic carbocycles. The van der Waals surface area contributed by atoms with Gasteiger partial charge in [0, 0.05) is 32.1 Å². The first-order valence-electron chi connectivity index (χ1n) is 11.3. The number of allylic oxidation sites excluding steroid dienone is 2. The van der Waals surface area contributed by atoms with Crippen LogP contribution in [0.3, 0.4) is 0 Å². The highest BCUT2D eigenvalue weighted by Crippen LogP contribution is 2.36. The Hall–Kier alpha value is -3.09. The van der Waals surface area contributed by atoms with Crippen LogP contribution in [-0.2, 0) is 9.53 Å². The first-order valence-corrected chi connectivity index (χ1v) is 11.3. The van der Waals surface area contributed by atoms with Crippen LogP contribution in [0.25, 0.3) is 5.57 Å². The van der Waals surface area contributed by atoms with Crippen molar-refractivity contribution < 1.29 is 14.6 Å². The van der Waals surface area contributed by atoms with Gasteiger partial charge in [-0.2, -0.15) is 0 Å². The molecule has 1 amide bonds. The average Bonchev–Trinajstić information content (AvgIpc) is 3.34. The maximum absolute atomic E-state index is 13.9. The molecule has 3 heterocycles. The molecule has 6 nitrogen and oxygen atoms in total. The molecule has 3 atom stereocenters. The van der Waals surface area contributed by atoms with Crippen LogP contribution in [0.2, 0.25) is 0 Å². The van der Waals surface area contributed by atoms with Crippen molar-refractivity contribution in [3.63, 3.8) is 0 Å². The molecule has 32 heavy (non-hydrogen) atoms. The molecule has 2 aromatic rings. The maximum Gasteiger partial charge on any atom is 0.228 e. The van der Waals surface area contributed by atoms with Gasteiger partial charge in [0.2, 0.25) is 5.91 Å². The minimum Gasteiger partial charge on any atom is -0.495 e. The number of amides is 1. The number of carbonyl (C=O) groups excluding carboxylic acids is 1. The molecule has 166 valence electrons. The van der Waals surface area contributed by atoms with E-state index in [1.807, 2.05) is 41.3 Å². The van der Waals surface area contributed by atoms with Crippen molar-refractivity contribution in [1.82, 2.24) is 15.5 Å². The highest BCUT2D eigenvalue weighted by Gasteiger charge is 2.40. The highest BCUT2D eigenvalue weighted by atomic mass is 16.5. The number of aliphatic hydroxyl groups excluding tert-OH is 1. The van der Waals surface area contributed by atoms with Crippen LogP contribution >= 0.6 is 0 Å². The lowest BCUT2D eigenvalue weighted by Gasteiger charge is -2.38. The summed E-state index contributed by atoms with van der Waals surface area (Å²) in [6.07, 6.45) is 3.64. The third-order valence-corrected chi connectivity index (χ3v) is 6.74. The summed E-state index contributed by atoms with van der Waals surface area (Å²) < 4.78 is 5.75. The van der Waals surface area contributed by atoms with E-state index >= 15 is 0 Å². The van der Waals surface area contributed by atoms with E-state index in [4.69, 9.17) is 4.74 Å². The molecule has 5 rings (SSSR count). The van der Waals surface area contributed by atoms with Crippen molar-refractivity contribution in [2.45, 2.75) is 12.0 Å². The van der Waals surface area contributed by atoms with Crippen molar-refractivity contribution in [2.24, 2.45) is 5.92 Å². The van der Waals surface area contributed by atoms with Gasteiger partial charge in [0.25, 0.3) is 0 Å². The summed E-state index contributed by atoms with van der Waals surface area (Å²) in [5.74, 6) is 0.348. The minimum absolute atomic E-state index is 0.0488. The molecule has 3 aliphatic heterocycles. The highest BCUT2D eigenvalue weighted by molar-refractivity contribution is 5.82. The molecule has 0 radical (unpaired) electrons. The Morgan fingerprint density at radius 3 is 2.66 bits per heavy atom. The van der Waals surface area contributed by atoms with Crippen molar-refractivity contribution in [1.29, 1.82) is 0 Å². The fraction of sp³-hybridized carbons (Fsp3) is 0.346. The number of carbonyl (C=O) groups is 1. The van der Waals surface area contributed by atoms with Gasteiger partial charge in [-0.05, 0) is 28.3 Å². The largest absolute Gasteiger partial charge is 0.495 e. The first kappa shape index (κ1) is 20.8. The molecule has 2 fully saturated rings. The van der Waals surface area contributed by atoms with Crippen molar-refractivity contribution in [3.05, 3.63) is 89.3 Å². The Bertz CT molecular complexity index is 1030. The average molecular weight is 432 g/mol. The fourth-order valence-corrected chi connectivity index (χ4v) is 5.08. The smallest absolute Gasteiger partial charge is 0.228 e. The molecule has 0 spiro atoms. The number of nitrogens with zero attached hydrogens (tertiary/aromatic N) is 1. The van der Waals surface area contributed by atoms with E-state index in [1.54, 1.807) is 6.08 Å². The van der Waals surface area contributed by atoms with Crippen LogP contribution in [0, 0.1) is 5.92 Å². The quantitative estimate of drug-likeness (QED) is 0.694. The summed E-state index contributed by atoms with van der Waals surface area (Å²) in [6, 6.07) is 18.5. The summed E-state index contributed by atoms with van der Waals surface area (Å²) in [5.41, 5.74) is 4.55. The number of hydrogen-bond donors (Lipinski definition) is 3. The lowest BCUT2D eigenvalue weighted by Crippen LogP contribution is -2.47. The Morgan fingerprint density at radius 1 is 1.03 bits per heavy atom. The third-order valence-electron chi connectivity index (χ3n) is 6.74. The van der Waals surface area contributed by atoms with Crippen LogP contribution in [0.15, 0.2) is 72.6 Å². The number of rotatable bonds is 4. The zero-order valence-corrected chi connectivity index (χ0v) is 18.0. The van der Waals surface area contributed by atoms with Gasteiger partial charge in [-0.25, -0.2) is 0 Å². The normalized spacial score (nSPS) is 25.6. The summed E-state index contributed by atoms with van der Waals surface area (Å²) >= 11 is 0. The number of aliphatic hydroxyl groups is 1. The maximum atomic E-state index is 13.9. The number of morpholine rings is 1. The molecular weight excluding hydrogens is 402 g/mol. The summed E-state index contributed by atoms with van der Waals surface area (Å²) in [4.78, 5) is 15.9. The Balaban J connectivity index is 1.44. The predicted octanol–water partition coefficient (Wildman–Crippen LogP) is 2.98. The van der Waals surface area contributed by atoms with E-state index < -0.39 is 0 Å². The molecule has 3 aliphatic rings. The zero-order valence-electron chi connectivity index (χ0n) is 18.0. The van der Waals surface area contributed by atoms with E-state index in [0.29, 0.717) is 32.8 Å². The molecule has 1 unspecified atom stereocenters. The predicted molar refractivity (Wildman–Crippen MR) is 124 cm³/mol. The molecule has 0 bridgehead atoms. The molecule has 0 saturated carbocycles. The second kappa shape index (κ2) is 9.18. The van der Waals surface area contributed by atoms with E-state index in [0.717, 1.165) is 23.2 Å². The summed E-state index contributed by atoms with van der Waals surface area (Å²) in [7, 11) is 0. The number of nitrogens with one attached hydrogen (secondary N) is 2. The molecule has 3 N–H and O–H groups in total. The molecule has 6 heteroatoms. The lowest BCUT2D eigenvalue weighted by atomic mass is 9.82.